The second-order valence-electron chi connectivity index (χ2n) is 12.6. The van der Waals surface area contributed by atoms with Crippen molar-refractivity contribution in [2.75, 3.05) is 5.32 Å². The van der Waals surface area contributed by atoms with Crippen LogP contribution in [0.1, 0.15) is 83.6 Å². The molecule has 1 aromatic rings. The normalized spacial score (nSPS) is 38.5. The number of carbonyl (C=O) groups excluding carboxylic acids is 1. The predicted octanol–water partition coefficient (Wildman–Crippen LogP) is 5.43. The van der Waals surface area contributed by atoms with Gasteiger partial charge in [0.25, 0.3) is 0 Å². The van der Waals surface area contributed by atoms with Crippen LogP contribution in [-0.4, -0.2) is 28.7 Å². The van der Waals surface area contributed by atoms with Crippen LogP contribution in [0.25, 0.3) is 0 Å². The van der Waals surface area contributed by atoms with Gasteiger partial charge >= 0.3 is 12.0 Å². The van der Waals surface area contributed by atoms with E-state index in [0.717, 1.165) is 37.7 Å². The van der Waals surface area contributed by atoms with E-state index >= 15 is 0 Å². The number of halogens is 1. The molecule has 6 nitrogen and oxygen atoms in total. The summed E-state index contributed by atoms with van der Waals surface area (Å²) in [6.45, 7) is 5.26. The van der Waals surface area contributed by atoms with Crippen molar-refractivity contribution in [2.24, 2.45) is 22.7 Å². The van der Waals surface area contributed by atoms with Crippen LogP contribution in [-0.2, 0) is 11.3 Å². The summed E-state index contributed by atoms with van der Waals surface area (Å²) in [5.41, 5.74) is 1.44. The van der Waals surface area contributed by atoms with Gasteiger partial charge in [0.2, 0.25) is 0 Å². The first-order chi connectivity index (χ1) is 16.0. The SMILES string of the molecule is C[C@]12CC3CC(NC(=O)Nc4ccc(CNC5CCC(C(=O)O)CC5)cc4F)(C1)C[C@](C)(C3)C2. The number of nitrogens with one attached hydrogen (secondary N) is 3. The summed E-state index contributed by atoms with van der Waals surface area (Å²) >= 11 is 0. The molecule has 5 aliphatic rings. The number of rotatable bonds is 6. The number of amides is 2. The van der Waals surface area contributed by atoms with Crippen LogP contribution in [0.3, 0.4) is 0 Å². The van der Waals surface area contributed by atoms with E-state index in [1.165, 1.54) is 25.3 Å². The average molecular weight is 472 g/mol. The Morgan fingerprint density at radius 3 is 2.29 bits per heavy atom. The molecule has 2 atom stereocenters. The number of carboxylic acids is 1. The van der Waals surface area contributed by atoms with E-state index in [0.29, 0.717) is 36.1 Å². The minimum Gasteiger partial charge on any atom is -0.481 e. The maximum absolute atomic E-state index is 14.8. The molecule has 7 heteroatoms. The third kappa shape index (κ3) is 4.81. The molecule has 186 valence electrons. The molecule has 5 aliphatic carbocycles. The molecule has 4 N–H and O–H groups in total. The Kier molecular flexibility index (Phi) is 5.90. The van der Waals surface area contributed by atoms with E-state index in [1.807, 2.05) is 6.07 Å². The molecule has 0 saturated heterocycles. The standard InChI is InChI=1S/C27H38FN3O3/c1-25-10-18-11-26(2,14-25)16-27(12-18,15-25)31-24(34)30-22-8-3-17(9-21(22)28)13-29-20-6-4-19(5-7-20)23(32)33/h3,8-9,18-20,29H,4-7,10-16H2,1-2H3,(H,32,33)(H2,30,31,34)/t18?,19?,20?,25-,26-,27?/m1/s1. The first-order valence-corrected chi connectivity index (χ1v) is 12.9. The van der Waals surface area contributed by atoms with E-state index in [4.69, 9.17) is 5.11 Å². The van der Waals surface area contributed by atoms with E-state index in [9.17, 15) is 14.0 Å². The minimum absolute atomic E-state index is 0.174. The molecule has 0 spiro atoms. The third-order valence-corrected chi connectivity index (χ3v) is 8.96. The van der Waals surface area contributed by atoms with Gasteiger partial charge in [0.1, 0.15) is 5.82 Å². The molecular formula is C27H38FN3O3. The van der Waals surface area contributed by atoms with Gasteiger partial charge in [0.05, 0.1) is 11.6 Å². The number of urea groups is 1. The Morgan fingerprint density at radius 2 is 1.71 bits per heavy atom. The summed E-state index contributed by atoms with van der Waals surface area (Å²) in [4.78, 5) is 24.0. The van der Waals surface area contributed by atoms with Gasteiger partial charge in [-0.3, -0.25) is 4.79 Å². The van der Waals surface area contributed by atoms with Crippen LogP contribution in [0, 0.1) is 28.5 Å². The fraction of sp³-hybridized carbons (Fsp3) is 0.704. The summed E-state index contributed by atoms with van der Waals surface area (Å²) in [7, 11) is 0. The van der Waals surface area contributed by atoms with E-state index in [1.54, 1.807) is 6.07 Å². The van der Waals surface area contributed by atoms with Crippen molar-refractivity contribution in [3.8, 4) is 0 Å². The highest BCUT2D eigenvalue weighted by Crippen LogP contribution is 2.66. The highest BCUT2D eigenvalue weighted by atomic mass is 19.1. The Morgan fingerprint density at radius 1 is 1.03 bits per heavy atom. The smallest absolute Gasteiger partial charge is 0.319 e. The molecule has 0 radical (unpaired) electrons. The average Bonchev–Trinajstić information content (AvgIpc) is 2.71. The highest BCUT2D eigenvalue weighted by molar-refractivity contribution is 5.90. The zero-order chi connectivity index (χ0) is 24.1. The monoisotopic (exact) mass is 471 g/mol. The summed E-state index contributed by atoms with van der Waals surface area (Å²) in [5.74, 6) is -0.710. The number of hydrogen-bond acceptors (Lipinski definition) is 3. The van der Waals surface area contributed by atoms with Crippen molar-refractivity contribution in [3.63, 3.8) is 0 Å². The van der Waals surface area contributed by atoms with Gasteiger partial charge in [-0.05, 0) is 98.7 Å². The first-order valence-electron chi connectivity index (χ1n) is 12.9. The molecule has 4 bridgehead atoms. The molecule has 34 heavy (non-hydrogen) atoms. The van der Waals surface area contributed by atoms with E-state index in [2.05, 4.69) is 29.8 Å². The molecular weight excluding hydrogens is 433 g/mol. The third-order valence-electron chi connectivity index (χ3n) is 8.96. The lowest BCUT2D eigenvalue weighted by Gasteiger charge is -2.65. The van der Waals surface area contributed by atoms with Crippen LogP contribution < -0.4 is 16.0 Å². The fourth-order valence-corrected chi connectivity index (χ4v) is 8.56. The van der Waals surface area contributed by atoms with Gasteiger partial charge in [-0.25, -0.2) is 9.18 Å². The van der Waals surface area contributed by atoms with Crippen molar-refractivity contribution in [1.29, 1.82) is 0 Å². The highest BCUT2D eigenvalue weighted by Gasteiger charge is 2.60. The molecule has 0 heterocycles. The minimum atomic E-state index is -0.709. The second kappa shape index (κ2) is 8.51. The molecule has 0 aliphatic heterocycles. The van der Waals surface area contributed by atoms with Gasteiger partial charge in [0, 0.05) is 18.1 Å². The Bertz CT molecular complexity index is 956. The Labute approximate surface area is 201 Å². The number of carboxylic acid groups (broad SMARTS) is 1. The van der Waals surface area contributed by atoms with Gasteiger partial charge in [-0.2, -0.15) is 0 Å². The molecule has 1 aromatic carbocycles. The van der Waals surface area contributed by atoms with Crippen molar-refractivity contribution < 1.29 is 19.1 Å². The van der Waals surface area contributed by atoms with Crippen LogP contribution in [0.5, 0.6) is 0 Å². The van der Waals surface area contributed by atoms with Crippen LogP contribution in [0.15, 0.2) is 18.2 Å². The number of aliphatic carboxylic acids is 1. The largest absolute Gasteiger partial charge is 0.481 e. The zero-order valence-electron chi connectivity index (χ0n) is 20.4. The fourth-order valence-electron chi connectivity index (χ4n) is 8.56. The van der Waals surface area contributed by atoms with Crippen LogP contribution in [0.2, 0.25) is 0 Å². The van der Waals surface area contributed by atoms with Gasteiger partial charge in [0.15, 0.2) is 0 Å². The lowest BCUT2D eigenvalue weighted by molar-refractivity contribution is -0.142. The summed E-state index contributed by atoms with van der Waals surface area (Å²) < 4.78 is 14.8. The Balaban J connectivity index is 1.15. The summed E-state index contributed by atoms with van der Waals surface area (Å²) in [6, 6.07) is 4.88. The number of hydrogen-bond donors (Lipinski definition) is 4. The van der Waals surface area contributed by atoms with Crippen LogP contribution >= 0.6 is 0 Å². The van der Waals surface area contributed by atoms with Crippen molar-refractivity contribution in [1.82, 2.24) is 10.6 Å². The topological polar surface area (TPSA) is 90.5 Å². The molecule has 2 amide bonds. The zero-order valence-corrected chi connectivity index (χ0v) is 20.4. The maximum atomic E-state index is 14.8. The first kappa shape index (κ1) is 23.6. The molecule has 0 unspecified atom stereocenters. The number of anilines is 1. The quantitative estimate of drug-likeness (QED) is 0.445. The summed E-state index contributed by atoms with van der Waals surface area (Å²) in [5, 5.41) is 18.6. The number of carbonyl (C=O) groups is 2. The maximum Gasteiger partial charge on any atom is 0.319 e. The van der Waals surface area contributed by atoms with E-state index < -0.39 is 11.8 Å². The van der Waals surface area contributed by atoms with Crippen molar-refractivity contribution in [2.45, 2.75) is 96.2 Å². The lowest BCUT2D eigenvalue weighted by atomic mass is 9.43. The molecule has 5 fully saturated rings. The van der Waals surface area contributed by atoms with Gasteiger partial charge in [-0.1, -0.05) is 19.9 Å². The Hall–Kier alpha value is -2.15. The van der Waals surface area contributed by atoms with Crippen molar-refractivity contribution >= 4 is 17.7 Å². The lowest BCUT2D eigenvalue weighted by Crippen LogP contribution is -2.65. The predicted molar refractivity (Wildman–Crippen MR) is 129 cm³/mol. The van der Waals surface area contributed by atoms with Gasteiger partial charge < -0.3 is 21.1 Å². The molecule has 0 aromatic heterocycles. The van der Waals surface area contributed by atoms with Crippen LogP contribution in [0.4, 0.5) is 14.9 Å². The molecule has 5 saturated carbocycles. The van der Waals surface area contributed by atoms with Gasteiger partial charge in [-0.15, -0.1) is 0 Å². The summed E-state index contributed by atoms with van der Waals surface area (Å²) in [6.07, 6.45) is 9.83. The number of benzene rings is 1. The second-order valence-corrected chi connectivity index (χ2v) is 12.6. The molecule has 6 rings (SSSR count). The van der Waals surface area contributed by atoms with E-state index in [-0.39, 0.29) is 29.2 Å². The van der Waals surface area contributed by atoms with Crippen molar-refractivity contribution in [3.05, 3.63) is 29.6 Å².